The zero-order chi connectivity index (χ0) is 13.0. The minimum atomic E-state index is 0.0985. The highest BCUT2D eigenvalue weighted by Crippen LogP contribution is 2.18. The molecule has 1 heterocycles. The van der Waals surface area contributed by atoms with Gasteiger partial charge in [-0.3, -0.25) is 4.79 Å². The molecule has 1 aliphatic heterocycles. The molecule has 1 saturated heterocycles. The van der Waals surface area contributed by atoms with Crippen LogP contribution in [0, 0.1) is 17.2 Å². The molecule has 3 nitrogen and oxygen atoms in total. The molecule has 0 N–H and O–H groups in total. The normalized spacial score (nSPS) is 19.3. The molecule has 1 amide bonds. The Morgan fingerprint density at radius 3 is 3.11 bits per heavy atom. The first-order valence-corrected chi connectivity index (χ1v) is 6.46. The summed E-state index contributed by atoms with van der Waals surface area (Å²) in [6.45, 7) is 3.89. The van der Waals surface area contributed by atoms with E-state index in [4.69, 9.17) is 5.26 Å². The third-order valence-corrected chi connectivity index (χ3v) is 3.40. The molecule has 0 bridgehead atoms. The van der Waals surface area contributed by atoms with Gasteiger partial charge in [0.05, 0.1) is 12.5 Å². The van der Waals surface area contributed by atoms with Gasteiger partial charge in [-0.05, 0) is 36.5 Å². The van der Waals surface area contributed by atoms with E-state index < -0.39 is 0 Å². The highest BCUT2D eigenvalue weighted by Gasteiger charge is 2.21. The smallest absolute Gasteiger partial charge is 0.253 e. The molecule has 1 fully saturated rings. The summed E-state index contributed by atoms with van der Waals surface area (Å²) in [6, 6.07) is 9.53. The van der Waals surface area contributed by atoms with Crippen LogP contribution in [0.25, 0.3) is 0 Å². The van der Waals surface area contributed by atoms with Crippen LogP contribution in [0.1, 0.15) is 35.7 Å². The molecule has 18 heavy (non-hydrogen) atoms. The van der Waals surface area contributed by atoms with Crippen molar-refractivity contribution in [2.75, 3.05) is 13.1 Å². The largest absolute Gasteiger partial charge is 0.338 e. The van der Waals surface area contributed by atoms with E-state index in [0.717, 1.165) is 25.1 Å². The average molecular weight is 242 g/mol. The highest BCUT2D eigenvalue weighted by atomic mass is 16.2. The Morgan fingerprint density at radius 2 is 2.39 bits per heavy atom. The number of carbonyl (C=O) groups excluding carboxylic acids is 1. The van der Waals surface area contributed by atoms with E-state index in [9.17, 15) is 4.79 Å². The number of carbonyl (C=O) groups is 1. The Morgan fingerprint density at radius 1 is 1.56 bits per heavy atom. The van der Waals surface area contributed by atoms with Crippen molar-refractivity contribution in [1.29, 1.82) is 5.26 Å². The van der Waals surface area contributed by atoms with Gasteiger partial charge in [0, 0.05) is 18.7 Å². The minimum absolute atomic E-state index is 0.0985. The van der Waals surface area contributed by atoms with E-state index >= 15 is 0 Å². The molecular formula is C15H18N2O. The number of nitriles is 1. The van der Waals surface area contributed by atoms with Gasteiger partial charge in [-0.1, -0.05) is 19.1 Å². The Balaban J connectivity index is 2.13. The summed E-state index contributed by atoms with van der Waals surface area (Å²) in [5.41, 5.74) is 1.62. The van der Waals surface area contributed by atoms with Gasteiger partial charge in [-0.15, -0.1) is 0 Å². The van der Waals surface area contributed by atoms with Gasteiger partial charge in [-0.25, -0.2) is 0 Å². The van der Waals surface area contributed by atoms with Crippen LogP contribution in [-0.2, 0) is 6.42 Å². The lowest BCUT2D eigenvalue weighted by Gasteiger charge is -2.31. The predicted molar refractivity (Wildman–Crippen MR) is 70.1 cm³/mol. The summed E-state index contributed by atoms with van der Waals surface area (Å²) < 4.78 is 0. The van der Waals surface area contributed by atoms with Gasteiger partial charge in [0.2, 0.25) is 0 Å². The highest BCUT2D eigenvalue weighted by molar-refractivity contribution is 5.94. The van der Waals surface area contributed by atoms with Gasteiger partial charge in [-0.2, -0.15) is 5.26 Å². The van der Waals surface area contributed by atoms with Crippen LogP contribution in [0.2, 0.25) is 0 Å². The zero-order valence-electron chi connectivity index (χ0n) is 10.7. The Labute approximate surface area is 108 Å². The van der Waals surface area contributed by atoms with Crippen molar-refractivity contribution in [3.8, 4) is 6.07 Å². The fourth-order valence-electron chi connectivity index (χ4n) is 2.46. The fraction of sp³-hybridized carbons (Fsp3) is 0.467. The summed E-state index contributed by atoms with van der Waals surface area (Å²) >= 11 is 0. The summed E-state index contributed by atoms with van der Waals surface area (Å²) in [6.07, 6.45) is 2.65. The SMILES string of the molecule is CC1CCCN(C(=O)c2cccc(CC#N)c2)C1. The first-order chi connectivity index (χ1) is 8.70. The molecule has 0 aromatic heterocycles. The average Bonchev–Trinajstić information content (AvgIpc) is 2.39. The molecule has 0 spiro atoms. The molecule has 0 aliphatic carbocycles. The summed E-state index contributed by atoms with van der Waals surface area (Å²) in [5.74, 6) is 0.686. The van der Waals surface area contributed by atoms with Crippen molar-refractivity contribution in [3.63, 3.8) is 0 Å². The fourth-order valence-corrected chi connectivity index (χ4v) is 2.46. The lowest BCUT2D eigenvalue weighted by Crippen LogP contribution is -2.39. The molecule has 2 rings (SSSR count). The maximum absolute atomic E-state index is 12.3. The maximum Gasteiger partial charge on any atom is 0.253 e. The van der Waals surface area contributed by atoms with Gasteiger partial charge < -0.3 is 4.90 Å². The van der Waals surface area contributed by atoms with E-state index in [0.29, 0.717) is 17.9 Å². The number of benzene rings is 1. The number of likely N-dealkylation sites (tertiary alicyclic amines) is 1. The molecular weight excluding hydrogens is 224 g/mol. The number of nitrogens with zero attached hydrogens (tertiary/aromatic N) is 2. The molecule has 0 radical (unpaired) electrons. The zero-order valence-corrected chi connectivity index (χ0v) is 10.7. The van der Waals surface area contributed by atoms with Crippen molar-refractivity contribution < 1.29 is 4.79 Å². The van der Waals surface area contributed by atoms with Crippen LogP contribution in [0.5, 0.6) is 0 Å². The van der Waals surface area contributed by atoms with E-state index in [1.807, 2.05) is 29.2 Å². The molecule has 0 saturated carbocycles. The Hall–Kier alpha value is -1.82. The number of amides is 1. The van der Waals surface area contributed by atoms with E-state index in [-0.39, 0.29) is 5.91 Å². The summed E-state index contributed by atoms with van der Waals surface area (Å²) in [7, 11) is 0. The third kappa shape index (κ3) is 2.89. The second-order valence-corrected chi connectivity index (χ2v) is 5.03. The van der Waals surface area contributed by atoms with Crippen molar-refractivity contribution >= 4 is 5.91 Å². The Bertz CT molecular complexity index is 476. The second-order valence-electron chi connectivity index (χ2n) is 5.03. The van der Waals surface area contributed by atoms with Crippen LogP contribution < -0.4 is 0 Å². The van der Waals surface area contributed by atoms with Gasteiger partial charge in [0.15, 0.2) is 0 Å². The van der Waals surface area contributed by atoms with E-state index in [1.165, 1.54) is 6.42 Å². The minimum Gasteiger partial charge on any atom is -0.338 e. The quantitative estimate of drug-likeness (QED) is 0.800. The van der Waals surface area contributed by atoms with Crippen LogP contribution in [-0.4, -0.2) is 23.9 Å². The monoisotopic (exact) mass is 242 g/mol. The maximum atomic E-state index is 12.3. The summed E-state index contributed by atoms with van der Waals surface area (Å²) in [4.78, 5) is 14.3. The number of piperidine rings is 1. The molecule has 1 unspecified atom stereocenters. The lowest BCUT2D eigenvalue weighted by atomic mass is 9.99. The van der Waals surface area contributed by atoms with Crippen LogP contribution in [0.15, 0.2) is 24.3 Å². The van der Waals surface area contributed by atoms with Crippen LogP contribution in [0.4, 0.5) is 0 Å². The predicted octanol–water partition coefficient (Wildman–Crippen LogP) is 2.62. The van der Waals surface area contributed by atoms with Crippen molar-refractivity contribution in [3.05, 3.63) is 35.4 Å². The van der Waals surface area contributed by atoms with Crippen molar-refractivity contribution in [2.45, 2.75) is 26.2 Å². The first kappa shape index (κ1) is 12.6. The van der Waals surface area contributed by atoms with Crippen molar-refractivity contribution in [2.24, 2.45) is 5.92 Å². The van der Waals surface area contributed by atoms with Crippen molar-refractivity contribution in [1.82, 2.24) is 4.90 Å². The molecule has 1 atom stereocenters. The molecule has 3 heteroatoms. The number of hydrogen-bond acceptors (Lipinski definition) is 2. The van der Waals surface area contributed by atoms with E-state index in [2.05, 4.69) is 13.0 Å². The molecule has 1 aromatic rings. The topological polar surface area (TPSA) is 44.1 Å². The lowest BCUT2D eigenvalue weighted by molar-refractivity contribution is 0.0683. The molecule has 1 aromatic carbocycles. The van der Waals surface area contributed by atoms with Gasteiger partial charge in [0.25, 0.3) is 5.91 Å². The standard InChI is InChI=1S/C15H18N2O/c1-12-4-3-9-17(11-12)15(18)14-6-2-5-13(10-14)7-8-16/h2,5-6,10,12H,3-4,7,9,11H2,1H3. The molecule has 94 valence electrons. The molecule has 1 aliphatic rings. The van der Waals surface area contributed by atoms with E-state index in [1.54, 1.807) is 0 Å². The van der Waals surface area contributed by atoms with Crippen LogP contribution >= 0.6 is 0 Å². The van der Waals surface area contributed by atoms with Gasteiger partial charge >= 0.3 is 0 Å². The first-order valence-electron chi connectivity index (χ1n) is 6.46. The summed E-state index contributed by atoms with van der Waals surface area (Å²) in [5, 5.41) is 8.69. The Kier molecular flexibility index (Phi) is 3.99. The van der Waals surface area contributed by atoms with Gasteiger partial charge in [0.1, 0.15) is 0 Å². The van der Waals surface area contributed by atoms with Crippen LogP contribution in [0.3, 0.4) is 0 Å². The number of rotatable bonds is 2. The number of hydrogen-bond donors (Lipinski definition) is 0. The second kappa shape index (κ2) is 5.68. The third-order valence-electron chi connectivity index (χ3n) is 3.40.